The molecule has 7 heteroatoms. The number of aliphatic hydroxyl groups is 2. The van der Waals surface area contributed by atoms with E-state index in [-0.39, 0.29) is 36.4 Å². The molecule has 7 atom stereocenters. The van der Waals surface area contributed by atoms with E-state index in [1.54, 1.807) is 6.08 Å². The lowest BCUT2D eigenvalue weighted by molar-refractivity contribution is -0.155. The minimum absolute atomic E-state index is 0.0408. The Bertz CT molecular complexity index is 775. The Morgan fingerprint density at radius 3 is 2.64 bits per heavy atom. The van der Waals surface area contributed by atoms with E-state index in [0.717, 1.165) is 18.4 Å². The quantitative estimate of drug-likeness (QED) is 0.459. The lowest BCUT2D eigenvalue weighted by Gasteiger charge is -2.22. The van der Waals surface area contributed by atoms with E-state index in [0.29, 0.717) is 25.4 Å². The van der Waals surface area contributed by atoms with E-state index in [1.807, 2.05) is 51.1 Å². The standard InChI is InChI=1S/C26H38O7/c1-16(2)25(26(29)30)33-14-18-6-10-22-21(23(28)12-24(22)32-13-18)11-7-19(27)15-31-20-8-4-17(3)5-9-20/h4-5,7-9,11,16,18-19,21-25,27-28H,6,10,12-15H2,1-3H3,(H,29,30)/b11-7+/t18-,19-,21-,22-,23-,24+,25?/m1/s1. The topological polar surface area (TPSA) is 105 Å². The molecule has 2 fully saturated rings. The second-order valence-corrected chi connectivity index (χ2v) is 9.77. The molecule has 1 unspecified atom stereocenters. The minimum atomic E-state index is -0.936. The summed E-state index contributed by atoms with van der Waals surface area (Å²) in [5.41, 5.74) is 1.15. The summed E-state index contributed by atoms with van der Waals surface area (Å²) in [4.78, 5) is 11.4. The zero-order valence-electron chi connectivity index (χ0n) is 19.8. The lowest BCUT2D eigenvalue weighted by atomic mass is 9.87. The van der Waals surface area contributed by atoms with E-state index in [9.17, 15) is 20.1 Å². The molecule has 0 radical (unpaired) electrons. The van der Waals surface area contributed by atoms with Gasteiger partial charge >= 0.3 is 5.97 Å². The third kappa shape index (κ3) is 7.27. The number of hydrogen-bond donors (Lipinski definition) is 3. The summed E-state index contributed by atoms with van der Waals surface area (Å²) in [6, 6.07) is 7.67. The summed E-state index contributed by atoms with van der Waals surface area (Å²) in [6.07, 6.45) is 3.75. The molecule has 1 heterocycles. The van der Waals surface area contributed by atoms with Gasteiger partial charge in [0.15, 0.2) is 6.10 Å². The number of fused-ring (bicyclic) bond motifs is 1. The maximum atomic E-state index is 11.4. The summed E-state index contributed by atoms with van der Waals surface area (Å²) in [5.74, 6) is -0.124. The molecule has 2 aliphatic rings. The predicted molar refractivity (Wildman–Crippen MR) is 124 cm³/mol. The zero-order valence-corrected chi connectivity index (χ0v) is 19.8. The summed E-state index contributed by atoms with van der Waals surface area (Å²) in [7, 11) is 0. The first kappa shape index (κ1) is 25.7. The predicted octanol–water partition coefficient (Wildman–Crippen LogP) is 3.21. The number of aryl methyl sites for hydroxylation is 1. The van der Waals surface area contributed by atoms with Crippen LogP contribution in [0, 0.1) is 30.6 Å². The van der Waals surface area contributed by atoms with Crippen LogP contribution in [0.15, 0.2) is 36.4 Å². The van der Waals surface area contributed by atoms with Crippen LogP contribution in [0.5, 0.6) is 5.75 Å². The number of ether oxygens (including phenoxy) is 3. The summed E-state index contributed by atoms with van der Waals surface area (Å²) in [6.45, 7) is 6.69. The van der Waals surface area contributed by atoms with Gasteiger partial charge in [-0.05, 0) is 43.7 Å². The molecule has 1 aromatic rings. The van der Waals surface area contributed by atoms with Crippen molar-refractivity contribution in [3.63, 3.8) is 0 Å². The molecule has 1 aliphatic carbocycles. The lowest BCUT2D eigenvalue weighted by Crippen LogP contribution is -2.32. The molecule has 184 valence electrons. The molecule has 0 bridgehead atoms. The first-order valence-electron chi connectivity index (χ1n) is 11.9. The van der Waals surface area contributed by atoms with Crippen LogP contribution >= 0.6 is 0 Å². The van der Waals surface area contributed by atoms with Crippen molar-refractivity contribution in [2.75, 3.05) is 19.8 Å². The third-order valence-electron chi connectivity index (χ3n) is 6.70. The number of hydrogen-bond acceptors (Lipinski definition) is 6. The molecule has 0 aromatic heterocycles. The highest BCUT2D eigenvalue weighted by Crippen LogP contribution is 2.41. The van der Waals surface area contributed by atoms with Crippen molar-refractivity contribution in [3.8, 4) is 5.75 Å². The Morgan fingerprint density at radius 1 is 1.24 bits per heavy atom. The number of rotatable bonds is 10. The Hall–Kier alpha value is -1.93. The molecule has 1 aromatic carbocycles. The van der Waals surface area contributed by atoms with E-state index >= 15 is 0 Å². The van der Waals surface area contributed by atoms with E-state index in [4.69, 9.17) is 14.2 Å². The summed E-state index contributed by atoms with van der Waals surface area (Å²) >= 11 is 0. The highest BCUT2D eigenvalue weighted by molar-refractivity contribution is 5.72. The number of aliphatic hydroxyl groups excluding tert-OH is 2. The van der Waals surface area contributed by atoms with Gasteiger partial charge in [-0.25, -0.2) is 4.79 Å². The van der Waals surface area contributed by atoms with Crippen LogP contribution in [-0.4, -0.2) is 65.5 Å². The van der Waals surface area contributed by atoms with Crippen molar-refractivity contribution < 1.29 is 34.3 Å². The Morgan fingerprint density at radius 2 is 1.97 bits per heavy atom. The van der Waals surface area contributed by atoms with Crippen LogP contribution in [0.3, 0.4) is 0 Å². The molecular weight excluding hydrogens is 424 g/mol. The number of benzene rings is 1. The van der Waals surface area contributed by atoms with Crippen LogP contribution in [0.25, 0.3) is 0 Å². The fourth-order valence-corrected chi connectivity index (χ4v) is 4.76. The van der Waals surface area contributed by atoms with Crippen molar-refractivity contribution in [3.05, 3.63) is 42.0 Å². The van der Waals surface area contributed by atoms with Crippen molar-refractivity contribution in [1.29, 1.82) is 0 Å². The van der Waals surface area contributed by atoms with Gasteiger partial charge in [0, 0.05) is 18.3 Å². The van der Waals surface area contributed by atoms with Crippen molar-refractivity contribution in [2.24, 2.45) is 23.7 Å². The monoisotopic (exact) mass is 462 g/mol. The fraction of sp³-hybridized carbons (Fsp3) is 0.654. The van der Waals surface area contributed by atoms with Crippen LogP contribution in [-0.2, 0) is 14.3 Å². The van der Waals surface area contributed by atoms with Crippen LogP contribution in [0.4, 0.5) is 0 Å². The van der Waals surface area contributed by atoms with Crippen LogP contribution in [0.1, 0.15) is 38.7 Å². The maximum Gasteiger partial charge on any atom is 0.333 e. The molecule has 3 N–H and O–H groups in total. The van der Waals surface area contributed by atoms with Gasteiger partial charge in [0.25, 0.3) is 0 Å². The number of carbonyl (C=O) groups is 1. The highest BCUT2D eigenvalue weighted by atomic mass is 16.5. The maximum absolute atomic E-state index is 11.4. The van der Waals surface area contributed by atoms with Crippen LogP contribution in [0.2, 0.25) is 0 Å². The van der Waals surface area contributed by atoms with Gasteiger partial charge < -0.3 is 29.5 Å². The second-order valence-electron chi connectivity index (χ2n) is 9.77. The summed E-state index contributed by atoms with van der Waals surface area (Å²) < 4.78 is 17.4. The molecule has 0 spiro atoms. The molecule has 1 saturated heterocycles. The first-order chi connectivity index (χ1) is 15.7. The average Bonchev–Trinajstić information content (AvgIpc) is 2.92. The highest BCUT2D eigenvalue weighted by Gasteiger charge is 2.43. The van der Waals surface area contributed by atoms with Gasteiger partial charge in [-0.2, -0.15) is 0 Å². The van der Waals surface area contributed by atoms with E-state index in [1.165, 1.54) is 0 Å². The summed E-state index contributed by atoms with van der Waals surface area (Å²) in [5, 5.41) is 30.2. The van der Waals surface area contributed by atoms with Crippen molar-refractivity contribution in [2.45, 2.75) is 64.4 Å². The Labute approximate surface area is 196 Å². The number of carboxylic acids is 1. The average molecular weight is 463 g/mol. The van der Waals surface area contributed by atoms with Gasteiger partial charge in [-0.3, -0.25) is 0 Å². The van der Waals surface area contributed by atoms with Gasteiger partial charge in [0.2, 0.25) is 0 Å². The zero-order chi connectivity index (χ0) is 24.0. The van der Waals surface area contributed by atoms with Crippen molar-refractivity contribution >= 4 is 5.97 Å². The molecular formula is C26H38O7. The second kappa shape index (κ2) is 12.0. The van der Waals surface area contributed by atoms with Gasteiger partial charge in [0.1, 0.15) is 18.5 Å². The SMILES string of the molecule is Cc1ccc(OC[C@H](O)/C=C/[C@@H]2[C@H]3CC[C@@H](COC(C(=O)O)C(C)C)CO[C@H]3C[C@H]2O)cc1. The molecule has 33 heavy (non-hydrogen) atoms. The van der Waals surface area contributed by atoms with Crippen LogP contribution < -0.4 is 4.74 Å². The van der Waals surface area contributed by atoms with E-state index < -0.39 is 24.3 Å². The molecule has 0 amide bonds. The first-order valence-corrected chi connectivity index (χ1v) is 11.9. The number of carboxylic acid groups (broad SMARTS) is 1. The third-order valence-corrected chi connectivity index (χ3v) is 6.70. The largest absolute Gasteiger partial charge is 0.491 e. The van der Waals surface area contributed by atoms with E-state index in [2.05, 4.69) is 0 Å². The number of aliphatic carboxylic acids is 1. The van der Waals surface area contributed by atoms with Gasteiger partial charge in [-0.1, -0.05) is 43.7 Å². The fourth-order valence-electron chi connectivity index (χ4n) is 4.76. The Kier molecular flexibility index (Phi) is 9.32. The van der Waals surface area contributed by atoms with Crippen molar-refractivity contribution in [1.82, 2.24) is 0 Å². The molecule has 1 aliphatic heterocycles. The molecule has 1 saturated carbocycles. The smallest absolute Gasteiger partial charge is 0.333 e. The molecule has 7 nitrogen and oxygen atoms in total. The van der Waals surface area contributed by atoms with Gasteiger partial charge in [-0.15, -0.1) is 0 Å². The normalized spacial score (nSPS) is 29.6. The minimum Gasteiger partial charge on any atom is -0.491 e. The Balaban J connectivity index is 1.50. The molecule has 3 rings (SSSR count). The van der Waals surface area contributed by atoms with Gasteiger partial charge in [0.05, 0.1) is 25.4 Å².